The predicted octanol–water partition coefficient (Wildman–Crippen LogP) is 2.34. The number of aromatic nitrogens is 1. The average molecular weight is 378 g/mol. The second-order valence-corrected chi connectivity index (χ2v) is 7.68. The number of benzene rings is 2. The van der Waals surface area contributed by atoms with E-state index in [0.29, 0.717) is 5.56 Å². The first-order valence-electron chi connectivity index (χ1n) is 7.88. The largest absolute Gasteiger partial charge is 0.494 e. The van der Waals surface area contributed by atoms with E-state index in [1.807, 2.05) is 29.9 Å². The van der Waals surface area contributed by atoms with Crippen molar-refractivity contribution in [1.29, 1.82) is 0 Å². The lowest BCUT2D eigenvalue weighted by molar-refractivity contribution is 0.182. The zero-order chi connectivity index (χ0) is 18.9. The summed E-state index contributed by atoms with van der Waals surface area (Å²) >= 11 is 0. The summed E-state index contributed by atoms with van der Waals surface area (Å²) in [5.74, 6) is -0.814. The maximum atomic E-state index is 13.7. The number of hydrogen-bond acceptors (Lipinski definition) is 4. The Morgan fingerprint density at radius 2 is 2.00 bits per heavy atom. The molecule has 3 rings (SSSR count). The highest BCUT2D eigenvalue weighted by atomic mass is 32.2. The molecule has 2 aromatic carbocycles. The van der Waals surface area contributed by atoms with Crippen molar-refractivity contribution in [3.63, 3.8) is 0 Å². The summed E-state index contributed by atoms with van der Waals surface area (Å²) in [6.45, 7) is -0.228. The van der Waals surface area contributed by atoms with E-state index < -0.39 is 21.9 Å². The van der Waals surface area contributed by atoms with Crippen LogP contribution in [0.15, 0.2) is 53.6 Å². The van der Waals surface area contributed by atoms with Gasteiger partial charge in [-0.1, -0.05) is 6.07 Å². The molecule has 8 heteroatoms. The molecule has 0 spiro atoms. The van der Waals surface area contributed by atoms with Gasteiger partial charge in [0.1, 0.15) is 0 Å². The minimum Gasteiger partial charge on any atom is -0.494 e. The second-order valence-electron chi connectivity index (χ2n) is 5.91. The van der Waals surface area contributed by atoms with Gasteiger partial charge in [-0.25, -0.2) is 17.5 Å². The van der Waals surface area contributed by atoms with Gasteiger partial charge in [-0.2, -0.15) is 0 Å². The van der Waals surface area contributed by atoms with Gasteiger partial charge in [-0.05, 0) is 47.3 Å². The van der Waals surface area contributed by atoms with Crippen molar-refractivity contribution in [1.82, 2.24) is 9.29 Å². The number of nitrogens with zero attached hydrogens (tertiary/aromatic N) is 1. The molecule has 6 nitrogen and oxygen atoms in total. The first-order chi connectivity index (χ1) is 12.3. The van der Waals surface area contributed by atoms with Crippen LogP contribution in [0.1, 0.15) is 11.7 Å². The van der Waals surface area contributed by atoms with Crippen LogP contribution >= 0.6 is 0 Å². The molecule has 0 saturated heterocycles. The van der Waals surface area contributed by atoms with Crippen LogP contribution in [0, 0.1) is 5.82 Å². The Morgan fingerprint density at radius 1 is 1.23 bits per heavy atom. The molecule has 1 atom stereocenters. The maximum absolute atomic E-state index is 13.7. The van der Waals surface area contributed by atoms with E-state index >= 15 is 0 Å². The molecule has 3 aromatic rings. The number of fused-ring (bicyclic) bond motifs is 1. The number of rotatable bonds is 6. The Labute approximate surface area is 150 Å². The summed E-state index contributed by atoms with van der Waals surface area (Å²) in [6, 6.07) is 10.7. The molecule has 0 radical (unpaired) electrons. The summed E-state index contributed by atoms with van der Waals surface area (Å²) in [4.78, 5) is -0.235. The molecule has 2 N–H and O–H groups in total. The van der Waals surface area contributed by atoms with Gasteiger partial charge in [0.15, 0.2) is 11.6 Å². The van der Waals surface area contributed by atoms with Crippen LogP contribution in [0.2, 0.25) is 0 Å². The van der Waals surface area contributed by atoms with Crippen LogP contribution in [0.25, 0.3) is 10.9 Å². The number of aliphatic hydroxyl groups excluding tert-OH is 1. The average Bonchev–Trinajstić information content (AvgIpc) is 3.00. The molecule has 138 valence electrons. The normalized spacial score (nSPS) is 13.1. The SMILES string of the molecule is COc1ccc(S(=O)(=O)NC[C@H](O)c2ccc3c(ccn3C)c2)cc1F. The lowest BCUT2D eigenvalue weighted by atomic mass is 10.1. The number of nitrogens with one attached hydrogen (secondary N) is 1. The second kappa shape index (κ2) is 7.06. The summed E-state index contributed by atoms with van der Waals surface area (Å²) in [6.07, 6.45) is 0.874. The molecule has 0 bridgehead atoms. The van der Waals surface area contributed by atoms with Gasteiger partial charge in [-0.3, -0.25) is 0 Å². The number of sulfonamides is 1. The molecular weight excluding hydrogens is 359 g/mol. The highest BCUT2D eigenvalue weighted by molar-refractivity contribution is 7.89. The molecule has 0 aliphatic rings. The molecule has 0 unspecified atom stereocenters. The first-order valence-corrected chi connectivity index (χ1v) is 9.36. The fourth-order valence-electron chi connectivity index (χ4n) is 2.71. The van der Waals surface area contributed by atoms with Crippen LogP contribution in [0.4, 0.5) is 4.39 Å². The van der Waals surface area contributed by atoms with Crippen molar-refractivity contribution in [3.05, 3.63) is 60.0 Å². The van der Waals surface area contributed by atoms with Crippen molar-refractivity contribution in [2.75, 3.05) is 13.7 Å². The third-order valence-corrected chi connectivity index (χ3v) is 5.62. The van der Waals surface area contributed by atoms with E-state index in [4.69, 9.17) is 4.74 Å². The van der Waals surface area contributed by atoms with Crippen LogP contribution in [-0.2, 0) is 17.1 Å². The lowest BCUT2D eigenvalue weighted by Gasteiger charge is -2.13. The molecule has 26 heavy (non-hydrogen) atoms. The monoisotopic (exact) mass is 378 g/mol. The van der Waals surface area contributed by atoms with Crippen molar-refractivity contribution in [3.8, 4) is 5.75 Å². The number of hydrogen-bond donors (Lipinski definition) is 2. The van der Waals surface area contributed by atoms with Gasteiger partial charge < -0.3 is 14.4 Å². The zero-order valence-electron chi connectivity index (χ0n) is 14.3. The molecule has 0 saturated carbocycles. The third-order valence-electron chi connectivity index (χ3n) is 4.19. The van der Waals surface area contributed by atoms with Gasteiger partial charge >= 0.3 is 0 Å². The predicted molar refractivity (Wildman–Crippen MR) is 96.0 cm³/mol. The van der Waals surface area contributed by atoms with Gasteiger partial charge in [0, 0.05) is 25.3 Å². The van der Waals surface area contributed by atoms with Gasteiger partial charge in [-0.15, -0.1) is 0 Å². The van der Waals surface area contributed by atoms with Crippen LogP contribution in [0.3, 0.4) is 0 Å². The fraction of sp³-hybridized carbons (Fsp3) is 0.222. The first kappa shape index (κ1) is 18.4. The Morgan fingerprint density at radius 3 is 2.69 bits per heavy atom. The molecule has 0 fully saturated rings. The summed E-state index contributed by atoms with van der Waals surface area (Å²) in [5.41, 5.74) is 1.60. The van der Waals surface area contributed by atoms with Crippen LogP contribution in [-0.4, -0.2) is 31.7 Å². The van der Waals surface area contributed by atoms with E-state index in [9.17, 15) is 17.9 Å². The number of aryl methyl sites for hydroxylation is 1. The van der Waals surface area contributed by atoms with E-state index in [2.05, 4.69) is 4.72 Å². The molecule has 0 aliphatic heterocycles. The van der Waals surface area contributed by atoms with Crippen molar-refractivity contribution >= 4 is 20.9 Å². The minimum absolute atomic E-state index is 0.0415. The Hall–Kier alpha value is -2.42. The van der Waals surface area contributed by atoms with Crippen LogP contribution < -0.4 is 9.46 Å². The molecule has 0 aliphatic carbocycles. The third kappa shape index (κ3) is 3.57. The highest BCUT2D eigenvalue weighted by Gasteiger charge is 2.19. The Balaban J connectivity index is 1.74. The van der Waals surface area contributed by atoms with Crippen molar-refractivity contribution < 1.29 is 22.7 Å². The Kier molecular flexibility index (Phi) is 4.99. The standard InChI is InChI=1S/C18H19FN2O4S/c1-21-8-7-12-9-13(3-5-16(12)21)17(22)11-20-26(23,24)14-4-6-18(25-2)15(19)10-14/h3-10,17,20,22H,11H2,1-2H3/t17-/m0/s1. The number of methoxy groups -OCH3 is 1. The summed E-state index contributed by atoms with van der Waals surface area (Å²) in [7, 11) is -0.745. The molecular formula is C18H19FN2O4S. The van der Waals surface area contributed by atoms with E-state index in [1.54, 1.807) is 12.1 Å². The van der Waals surface area contributed by atoms with Crippen molar-refractivity contribution in [2.24, 2.45) is 7.05 Å². The quantitative estimate of drug-likeness (QED) is 0.690. The summed E-state index contributed by atoms with van der Waals surface area (Å²) in [5, 5.41) is 11.3. The topological polar surface area (TPSA) is 80.6 Å². The van der Waals surface area contributed by atoms with Gasteiger partial charge in [0.2, 0.25) is 10.0 Å². The van der Waals surface area contributed by atoms with E-state index in [-0.39, 0.29) is 17.2 Å². The van der Waals surface area contributed by atoms with E-state index in [0.717, 1.165) is 17.0 Å². The van der Waals surface area contributed by atoms with E-state index in [1.165, 1.54) is 19.2 Å². The maximum Gasteiger partial charge on any atom is 0.240 e. The Bertz CT molecular complexity index is 1050. The number of halogens is 1. The summed E-state index contributed by atoms with van der Waals surface area (Å²) < 4.78 is 47.4. The molecule has 1 heterocycles. The molecule has 0 amide bonds. The number of aliphatic hydroxyl groups is 1. The van der Waals surface area contributed by atoms with Gasteiger partial charge in [0.05, 0.1) is 18.1 Å². The minimum atomic E-state index is -3.96. The fourth-order valence-corrected chi connectivity index (χ4v) is 3.76. The molecule has 1 aromatic heterocycles. The number of ether oxygens (including phenoxy) is 1. The zero-order valence-corrected chi connectivity index (χ0v) is 15.1. The van der Waals surface area contributed by atoms with Crippen LogP contribution in [0.5, 0.6) is 5.75 Å². The van der Waals surface area contributed by atoms with Gasteiger partial charge in [0.25, 0.3) is 0 Å². The smallest absolute Gasteiger partial charge is 0.240 e. The lowest BCUT2D eigenvalue weighted by Crippen LogP contribution is -2.28. The van der Waals surface area contributed by atoms with Crippen molar-refractivity contribution in [2.45, 2.75) is 11.0 Å². The highest BCUT2D eigenvalue weighted by Crippen LogP contribution is 2.23.